The molecule has 1 aromatic heterocycles. The summed E-state index contributed by atoms with van der Waals surface area (Å²) < 4.78 is 27.3. The van der Waals surface area contributed by atoms with Crippen molar-refractivity contribution in [3.05, 3.63) is 89.6 Å². The molecule has 1 amide bonds. The molecule has 4 aromatic rings. The van der Waals surface area contributed by atoms with Gasteiger partial charge >= 0.3 is 0 Å². The summed E-state index contributed by atoms with van der Waals surface area (Å²) in [4.78, 5) is 13.2. The number of aromatic nitrogens is 2. The maximum atomic E-state index is 12.9. The number of sulfonamides is 1. The van der Waals surface area contributed by atoms with Crippen LogP contribution in [0.5, 0.6) is 0 Å². The van der Waals surface area contributed by atoms with Gasteiger partial charge in [0.05, 0.1) is 23.1 Å². The van der Waals surface area contributed by atoms with Gasteiger partial charge in [0.15, 0.2) is 5.82 Å². The van der Waals surface area contributed by atoms with Gasteiger partial charge in [-0.3, -0.25) is 9.89 Å². The van der Waals surface area contributed by atoms with Crippen LogP contribution in [0.3, 0.4) is 0 Å². The predicted molar refractivity (Wildman–Crippen MR) is 122 cm³/mol. The van der Waals surface area contributed by atoms with Gasteiger partial charge in [-0.1, -0.05) is 60.7 Å². The Morgan fingerprint density at radius 3 is 2.50 bits per heavy atom. The van der Waals surface area contributed by atoms with Crippen molar-refractivity contribution in [2.45, 2.75) is 30.8 Å². The van der Waals surface area contributed by atoms with E-state index in [1.54, 1.807) is 30.3 Å². The summed E-state index contributed by atoms with van der Waals surface area (Å²) in [7, 11) is -3.63. The van der Waals surface area contributed by atoms with Gasteiger partial charge < -0.3 is 5.32 Å². The molecule has 1 atom stereocenters. The lowest BCUT2D eigenvalue weighted by Crippen LogP contribution is -2.26. The maximum Gasteiger partial charge on any atom is 0.243 e. The summed E-state index contributed by atoms with van der Waals surface area (Å²) in [6.45, 7) is 2.19. The van der Waals surface area contributed by atoms with E-state index in [9.17, 15) is 13.2 Å². The molecule has 7 nitrogen and oxygen atoms in total. The first-order valence-electron chi connectivity index (χ1n) is 10.3. The number of nitrogens with one attached hydrogen (secondary N) is 2. The van der Waals surface area contributed by atoms with E-state index in [1.165, 1.54) is 4.31 Å². The Hall–Kier alpha value is -3.49. The van der Waals surface area contributed by atoms with E-state index in [2.05, 4.69) is 15.5 Å². The van der Waals surface area contributed by atoms with E-state index in [0.717, 1.165) is 16.3 Å². The molecule has 0 bridgehead atoms. The number of hydrogen-bond acceptors (Lipinski definition) is 4. The van der Waals surface area contributed by atoms with E-state index in [4.69, 9.17) is 0 Å². The fourth-order valence-corrected chi connectivity index (χ4v) is 5.38. The van der Waals surface area contributed by atoms with Crippen molar-refractivity contribution >= 4 is 32.5 Å². The molecule has 0 saturated carbocycles. The highest BCUT2D eigenvalue weighted by molar-refractivity contribution is 7.89. The highest BCUT2D eigenvalue weighted by Gasteiger charge is 2.34. The predicted octanol–water partition coefficient (Wildman–Crippen LogP) is 4.01. The number of rotatable bonds is 5. The number of carbonyl (C=O) groups is 1. The Morgan fingerprint density at radius 2 is 1.72 bits per heavy atom. The van der Waals surface area contributed by atoms with Crippen LogP contribution in [0.25, 0.3) is 10.8 Å². The third kappa shape index (κ3) is 3.57. The average Bonchev–Trinajstić information content (AvgIpc) is 3.41. The van der Waals surface area contributed by atoms with Gasteiger partial charge in [0.2, 0.25) is 15.9 Å². The number of amides is 1. The standard InChI is InChI=1S/C24H22N4O3S/c1-16(18-12-11-17-7-5-6-8-19(17)13-18)24(29)25-23-21-14-28(15-22(21)26-27-23)32(30,31)20-9-3-2-4-10-20/h2-13,16H,14-15H2,1H3,(H2,25,26,27,29). The minimum Gasteiger partial charge on any atom is -0.308 e. The largest absolute Gasteiger partial charge is 0.308 e. The molecule has 1 aliphatic rings. The van der Waals surface area contributed by atoms with Crippen molar-refractivity contribution in [3.8, 4) is 0 Å². The normalized spacial score (nSPS) is 14.9. The lowest BCUT2D eigenvalue weighted by atomic mass is 9.97. The molecule has 32 heavy (non-hydrogen) atoms. The SMILES string of the molecule is CC(C(=O)Nc1n[nH]c2c1CN(S(=O)(=O)c1ccccc1)C2)c1ccc2ccccc2c1. The van der Waals surface area contributed by atoms with Crippen molar-refractivity contribution < 1.29 is 13.2 Å². The maximum absolute atomic E-state index is 12.9. The fourth-order valence-electron chi connectivity index (χ4n) is 3.98. The quantitative estimate of drug-likeness (QED) is 0.484. The van der Waals surface area contributed by atoms with Gasteiger partial charge in [-0.05, 0) is 35.4 Å². The summed E-state index contributed by atoms with van der Waals surface area (Å²) in [5.41, 5.74) is 2.29. The number of anilines is 1. The summed E-state index contributed by atoms with van der Waals surface area (Å²) in [6.07, 6.45) is 0. The van der Waals surface area contributed by atoms with Crippen LogP contribution in [0.1, 0.15) is 29.7 Å². The highest BCUT2D eigenvalue weighted by Crippen LogP contribution is 2.32. The molecule has 5 rings (SSSR count). The van der Waals surface area contributed by atoms with E-state index < -0.39 is 15.9 Å². The molecule has 0 spiro atoms. The van der Waals surface area contributed by atoms with Gasteiger partial charge in [-0.2, -0.15) is 9.40 Å². The number of hydrogen-bond donors (Lipinski definition) is 2. The molecule has 0 fully saturated rings. The minimum absolute atomic E-state index is 0.156. The summed E-state index contributed by atoms with van der Waals surface area (Å²) in [6, 6.07) is 22.3. The van der Waals surface area contributed by atoms with Crippen LogP contribution in [0, 0.1) is 0 Å². The first kappa shape index (κ1) is 20.4. The zero-order chi connectivity index (χ0) is 22.3. The lowest BCUT2D eigenvalue weighted by Gasteiger charge is -2.16. The molecule has 3 aromatic carbocycles. The molecule has 0 saturated heterocycles. The van der Waals surface area contributed by atoms with Crippen molar-refractivity contribution in [2.24, 2.45) is 0 Å². The van der Waals surface area contributed by atoms with Gasteiger partial charge in [0, 0.05) is 12.1 Å². The Balaban J connectivity index is 1.33. The van der Waals surface area contributed by atoms with Crippen molar-refractivity contribution in [1.82, 2.24) is 14.5 Å². The zero-order valence-corrected chi connectivity index (χ0v) is 18.3. The fraction of sp³-hybridized carbons (Fsp3) is 0.167. The second-order valence-electron chi connectivity index (χ2n) is 7.93. The first-order valence-corrected chi connectivity index (χ1v) is 11.8. The van der Waals surface area contributed by atoms with Crippen molar-refractivity contribution in [1.29, 1.82) is 0 Å². The first-order chi connectivity index (χ1) is 15.4. The number of aromatic amines is 1. The second kappa shape index (κ2) is 7.89. The Bertz CT molecular complexity index is 1410. The number of nitrogens with zero attached hydrogens (tertiary/aromatic N) is 2. The van der Waals surface area contributed by atoms with Crippen LogP contribution in [-0.2, 0) is 27.9 Å². The third-order valence-electron chi connectivity index (χ3n) is 5.91. The van der Waals surface area contributed by atoms with Gasteiger partial charge in [0.25, 0.3) is 0 Å². The average molecular weight is 447 g/mol. The second-order valence-corrected chi connectivity index (χ2v) is 9.87. The zero-order valence-electron chi connectivity index (χ0n) is 17.4. The van der Waals surface area contributed by atoms with Crippen LogP contribution in [0.4, 0.5) is 5.82 Å². The number of fused-ring (bicyclic) bond motifs is 2. The van der Waals surface area contributed by atoms with Gasteiger partial charge in [0.1, 0.15) is 0 Å². The van der Waals surface area contributed by atoms with E-state index in [0.29, 0.717) is 17.1 Å². The van der Waals surface area contributed by atoms with Crippen molar-refractivity contribution in [2.75, 3.05) is 5.32 Å². The minimum atomic E-state index is -3.63. The summed E-state index contributed by atoms with van der Waals surface area (Å²) in [5, 5.41) is 12.2. The van der Waals surface area contributed by atoms with E-state index in [1.807, 2.05) is 49.4 Å². The van der Waals surface area contributed by atoms with Gasteiger partial charge in [-0.25, -0.2) is 8.42 Å². The molecule has 2 heterocycles. The molecule has 2 N–H and O–H groups in total. The number of H-pyrrole nitrogens is 1. The Labute approximate surface area is 186 Å². The number of benzene rings is 3. The van der Waals surface area contributed by atoms with Crippen LogP contribution < -0.4 is 5.32 Å². The molecule has 0 radical (unpaired) electrons. The van der Waals surface area contributed by atoms with Crippen LogP contribution in [0.2, 0.25) is 0 Å². The number of carbonyl (C=O) groups excluding carboxylic acids is 1. The summed E-state index contributed by atoms with van der Waals surface area (Å²) >= 11 is 0. The lowest BCUT2D eigenvalue weighted by molar-refractivity contribution is -0.117. The smallest absolute Gasteiger partial charge is 0.243 e. The van der Waals surface area contributed by atoms with E-state index >= 15 is 0 Å². The Kier molecular flexibility index (Phi) is 5.03. The summed E-state index contributed by atoms with van der Waals surface area (Å²) in [5.74, 6) is -0.208. The monoisotopic (exact) mass is 446 g/mol. The topological polar surface area (TPSA) is 95.2 Å². The molecule has 162 valence electrons. The molecule has 8 heteroatoms. The van der Waals surface area contributed by atoms with Gasteiger partial charge in [-0.15, -0.1) is 0 Å². The molecule has 1 unspecified atom stereocenters. The van der Waals surface area contributed by atoms with Crippen molar-refractivity contribution in [3.63, 3.8) is 0 Å². The molecule has 0 aliphatic carbocycles. The molecular formula is C24H22N4O3S. The van der Waals surface area contributed by atoms with Crippen LogP contribution in [-0.4, -0.2) is 28.8 Å². The Morgan fingerprint density at radius 1 is 1.00 bits per heavy atom. The van der Waals surface area contributed by atoms with Crippen LogP contribution >= 0.6 is 0 Å². The molecule has 1 aliphatic heterocycles. The van der Waals surface area contributed by atoms with Crippen LogP contribution in [0.15, 0.2) is 77.7 Å². The molecular weight excluding hydrogens is 424 g/mol. The highest BCUT2D eigenvalue weighted by atomic mass is 32.2. The van der Waals surface area contributed by atoms with E-state index in [-0.39, 0.29) is 23.9 Å². The third-order valence-corrected chi connectivity index (χ3v) is 7.72.